The minimum Gasteiger partial charge on any atom is -0.497 e. The van der Waals surface area contributed by atoms with E-state index in [1.54, 1.807) is 25.3 Å². The first kappa shape index (κ1) is 11.5. The molecule has 0 fully saturated rings. The van der Waals surface area contributed by atoms with Crippen LogP contribution in [0.4, 0.5) is 10.1 Å². The summed E-state index contributed by atoms with van der Waals surface area (Å²) in [6.07, 6.45) is 0. The van der Waals surface area contributed by atoms with Crippen LogP contribution in [0, 0.1) is 5.82 Å². The van der Waals surface area contributed by atoms with Gasteiger partial charge in [-0.15, -0.1) is 0 Å². The standard InChI is InChI=1S/C14H11FN2O2/c1-18-9-3-4-11(16)10(7-9)14-17-12-6-8(15)2-5-13(12)19-14/h2-7H,16H2,1H3. The highest BCUT2D eigenvalue weighted by Gasteiger charge is 2.12. The van der Waals surface area contributed by atoms with Crippen LogP contribution in [0.3, 0.4) is 0 Å². The lowest BCUT2D eigenvalue weighted by Crippen LogP contribution is -1.91. The largest absolute Gasteiger partial charge is 0.497 e. The second-order valence-electron chi connectivity index (χ2n) is 4.08. The third-order valence-electron chi connectivity index (χ3n) is 2.84. The lowest BCUT2D eigenvalue weighted by molar-refractivity contribution is 0.415. The van der Waals surface area contributed by atoms with Gasteiger partial charge >= 0.3 is 0 Å². The Morgan fingerprint density at radius 3 is 2.84 bits per heavy atom. The zero-order valence-corrected chi connectivity index (χ0v) is 10.2. The molecule has 1 heterocycles. The van der Waals surface area contributed by atoms with Crippen molar-refractivity contribution < 1.29 is 13.5 Å². The van der Waals surface area contributed by atoms with Crippen molar-refractivity contribution in [2.45, 2.75) is 0 Å². The van der Waals surface area contributed by atoms with Gasteiger partial charge in [0.2, 0.25) is 5.89 Å². The van der Waals surface area contributed by atoms with Gasteiger partial charge in [-0.2, -0.15) is 0 Å². The van der Waals surface area contributed by atoms with Gasteiger partial charge in [0, 0.05) is 11.8 Å². The van der Waals surface area contributed by atoms with Crippen molar-refractivity contribution in [2.24, 2.45) is 0 Å². The average molecular weight is 258 g/mol. The molecule has 4 nitrogen and oxygen atoms in total. The summed E-state index contributed by atoms with van der Waals surface area (Å²) in [5.74, 6) is 0.639. The predicted molar refractivity (Wildman–Crippen MR) is 70.4 cm³/mol. The molecule has 0 saturated carbocycles. The quantitative estimate of drug-likeness (QED) is 0.717. The number of fused-ring (bicyclic) bond motifs is 1. The van der Waals surface area contributed by atoms with E-state index in [0.717, 1.165) is 0 Å². The summed E-state index contributed by atoms with van der Waals surface area (Å²) >= 11 is 0. The summed E-state index contributed by atoms with van der Waals surface area (Å²) in [5, 5.41) is 0. The normalized spacial score (nSPS) is 10.8. The van der Waals surface area contributed by atoms with E-state index in [4.69, 9.17) is 14.9 Å². The summed E-state index contributed by atoms with van der Waals surface area (Å²) in [5.41, 5.74) is 8.01. The number of ether oxygens (including phenoxy) is 1. The van der Waals surface area contributed by atoms with Gasteiger partial charge in [0.25, 0.3) is 0 Å². The Morgan fingerprint density at radius 2 is 2.05 bits per heavy atom. The van der Waals surface area contributed by atoms with E-state index in [9.17, 15) is 4.39 Å². The summed E-state index contributed by atoms with van der Waals surface area (Å²) in [6, 6.07) is 9.38. The number of halogens is 1. The monoisotopic (exact) mass is 258 g/mol. The van der Waals surface area contributed by atoms with Crippen LogP contribution in [0.5, 0.6) is 5.75 Å². The minimum absolute atomic E-state index is 0.344. The van der Waals surface area contributed by atoms with E-state index in [1.165, 1.54) is 18.2 Å². The van der Waals surface area contributed by atoms with Gasteiger partial charge in [-0.25, -0.2) is 9.37 Å². The number of nitrogen functional groups attached to an aromatic ring is 1. The Labute approximate surface area is 108 Å². The lowest BCUT2D eigenvalue weighted by Gasteiger charge is -2.04. The molecule has 2 N–H and O–H groups in total. The molecule has 96 valence electrons. The number of benzene rings is 2. The summed E-state index contributed by atoms with van der Waals surface area (Å²) in [4.78, 5) is 4.24. The van der Waals surface area contributed by atoms with E-state index in [-0.39, 0.29) is 5.82 Å². The SMILES string of the molecule is COc1ccc(N)c(-c2nc3cc(F)ccc3o2)c1. The number of nitrogens with two attached hydrogens (primary N) is 1. The second-order valence-corrected chi connectivity index (χ2v) is 4.08. The van der Waals surface area contributed by atoms with Crippen LogP contribution in [0.15, 0.2) is 40.8 Å². The van der Waals surface area contributed by atoms with E-state index in [0.29, 0.717) is 34.0 Å². The van der Waals surface area contributed by atoms with Crippen LogP contribution in [-0.4, -0.2) is 12.1 Å². The Hall–Kier alpha value is -2.56. The van der Waals surface area contributed by atoms with Crippen LogP contribution in [-0.2, 0) is 0 Å². The van der Waals surface area contributed by atoms with Crippen molar-refractivity contribution in [3.63, 3.8) is 0 Å². The molecule has 0 aliphatic carbocycles. The first-order valence-corrected chi connectivity index (χ1v) is 5.67. The molecule has 0 saturated heterocycles. The van der Waals surface area contributed by atoms with E-state index < -0.39 is 0 Å². The van der Waals surface area contributed by atoms with Crippen LogP contribution < -0.4 is 10.5 Å². The van der Waals surface area contributed by atoms with Crippen molar-refractivity contribution in [2.75, 3.05) is 12.8 Å². The van der Waals surface area contributed by atoms with Gasteiger partial charge in [0.05, 0.1) is 12.7 Å². The number of anilines is 1. The second kappa shape index (κ2) is 4.28. The molecule has 1 aromatic heterocycles. The molecule has 0 unspecified atom stereocenters. The fraction of sp³-hybridized carbons (Fsp3) is 0.0714. The number of hydrogen-bond donors (Lipinski definition) is 1. The lowest BCUT2D eigenvalue weighted by atomic mass is 10.1. The first-order valence-electron chi connectivity index (χ1n) is 5.67. The van der Waals surface area contributed by atoms with Crippen molar-refractivity contribution in [1.29, 1.82) is 0 Å². The minimum atomic E-state index is -0.356. The summed E-state index contributed by atoms with van der Waals surface area (Å²) in [6.45, 7) is 0. The third-order valence-corrected chi connectivity index (χ3v) is 2.84. The van der Waals surface area contributed by atoms with Gasteiger partial charge in [-0.3, -0.25) is 0 Å². The molecular formula is C14H11FN2O2. The Balaban J connectivity index is 2.18. The number of aromatic nitrogens is 1. The fourth-order valence-corrected chi connectivity index (χ4v) is 1.86. The molecule has 3 rings (SSSR count). The predicted octanol–water partition coefficient (Wildman–Crippen LogP) is 3.22. The highest BCUT2D eigenvalue weighted by molar-refractivity contribution is 5.80. The van der Waals surface area contributed by atoms with Crippen molar-refractivity contribution in [1.82, 2.24) is 4.98 Å². The molecule has 3 aromatic rings. The Bertz CT molecular complexity index is 752. The zero-order chi connectivity index (χ0) is 13.4. The molecule has 0 bridgehead atoms. The van der Waals surface area contributed by atoms with Gasteiger partial charge in [0.1, 0.15) is 17.1 Å². The van der Waals surface area contributed by atoms with Crippen LogP contribution in [0.25, 0.3) is 22.6 Å². The van der Waals surface area contributed by atoms with Crippen LogP contribution in [0.2, 0.25) is 0 Å². The zero-order valence-electron chi connectivity index (χ0n) is 10.2. The highest BCUT2D eigenvalue weighted by Crippen LogP contribution is 2.31. The third kappa shape index (κ3) is 1.99. The molecular weight excluding hydrogens is 247 g/mol. The number of nitrogens with zero attached hydrogens (tertiary/aromatic N) is 1. The van der Waals surface area contributed by atoms with Gasteiger partial charge in [-0.1, -0.05) is 0 Å². The summed E-state index contributed by atoms with van der Waals surface area (Å²) < 4.78 is 23.8. The summed E-state index contributed by atoms with van der Waals surface area (Å²) in [7, 11) is 1.57. The highest BCUT2D eigenvalue weighted by atomic mass is 19.1. The molecule has 5 heteroatoms. The maximum absolute atomic E-state index is 13.1. The van der Waals surface area contributed by atoms with E-state index in [2.05, 4.69) is 4.98 Å². The number of hydrogen-bond acceptors (Lipinski definition) is 4. The number of methoxy groups -OCH3 is 1. The molecule has 0 spiro atoms. The number of oxazole rings is 1. The van der Waals surface area contributed by atoms with E-state index >= 15 is 0 Å². The first-order chi connectivity index (χ1) is 9.17. The number of rotatable bonds is 2. The fourth-order valence-electron chi connectivity index (χ4n) is 1.86. The van der Waals surface area contributed by atoms with Crippen molar-refractivity contribution in [3.8, 4) is 17.2 Å². The Morgan fingerprint density at radius 1 is 1.21 bits per heavy atom. The topological polar surface area (TPSA) is 61.3 Å². The molecule has 0 radical (unpaired) electrons. The van der Waals surface area contributed by atoms with Gasteiger partial charge < -0.3 is 14.9 Å². The van der Waals surface area contributed by atoms with E-state index in [1.807, 2.05) is 0 Å². The molecule has 0 aliphatic heterocycles. The van der Waals surface area contributed by atoms with Crippen molar-refractivity contribution >= 4 is 16.8 Å². The van der Waals surface area contributed by atoms with Gasteiger partial charge in [0.15, 0.2) is 5.58 Å². The van der Waals surface area contributed by atoms with Crippen LogP contribution in [0.1, 0.15) is 0 Å². The molecule has 0 aliphatic rings. The molecule has 0 atom stereocenters. The van der Waals surface area contributed by atoms with Gasteiger partial charge in [-0.05, 0) is 30.3 Å². The smallest absolute Gasteiger partial charge is 0.229 e. The molecule has 19 heavy (non-hydrogen) atoms. The average Bonchev–Trinajstić information content (AvgIpc) is 2.82. The van der Waals surface area contributed by atoms with Crippen molar-refractivity contribution in [3.05, 3.63) is 42.2 Å². The molecule has 0 amide bonds. The van der Waals surface area contributed by atoms with Crippen LogP contribution >= 0.6 is 0 Å². The maximum Gasteiger partial charge on any atom is 0.229 e. The Kier molecular flexibility index (Phi) is 2.59. The maximum atomic E-state index is 13.1. The molecule has 2 aromatic carbocycles.